The first kappa shape index (κ1) is 12.6. The maximum Gasteiger partial charge on any atom is 0.328 e. The fourth-order valence-corrected chi connectivity index (χ4v) is 0.544. The summed E-state index contributed by atoms with van der Waals surface area (Å²) in [7, 11) is 0. The van der Waals surface area contributed by atoms with E-state index in [0.717, 1.165) is 0 Å². The molecule has 0 spiro atoms. The van der Waals surface area contributed by atoms with Crippen molar-refractivity contribution in [1.29, 1.82) is 0 Å². The number of rotatable bonds is 2. The van der Waals surface area contributed by atoms with Crippen molar-refractivity contribution < 1.29 is 14.4 Å². The number of carbonyl (C=O) groups excluding carboxylic acids is 3. The smallest absolute Gasteiger partial charge is 0.278 e. The van der Waals surface area contributed by atoms with Crippen LogP contribution < -0.4 is 10.6 Å². The van der Waals surface area contributed by atoms with Crippen molar-refractivity contribution in [2.24, 2.45) is 11.8 Å². The van der Waals surface area contributed by atoms with E-state index in [-0.39, 0.29) is 11.8 Å². The Labute approximate surface area is 83.2 Å². The molecule has 0 heterocycles. The Morgan fingerprint density at radius 2 is 1.07 bits per heavy atom. The van der Waals surface area contributed by atoms with Gasteiger partial charge in [0.1, 0.15) is 0 Å². The quantitative estimate of drug-likeness (QED) is 0.687. The monoisotopic (exact) mass is 200 g/mol. The maximum atomic E-state index is 11.0. The normalized spacial score (nSPS) is 10.1. The molecule has 0 saturated carbocycles. The second-order valence-electron chi connectivity index (χ2n) is 3.62. The maximum absolute atomic E-state index is 11.0. The largest absolute Gasteiger partial charge is 0.328 e. The summed E-state index contributed by atoms with van der Waals surface area (Å²) < 4.78 is 0. The number of nitrogens with one attached hydrogen (secondary N) is 2. The van der Waals surface area contributed by atoms with E-state index in [9.17, 15) is 14.4 Å². The van der Waals surface area contributed by atoms with Crippen LogP contribution in [0.5, 0.6) is 0 Å². The van der Waals surface area contributed by atoms with Crippen molar-refractivity contribution in [3.8, 4) is 0 Å². The molecule has 5 heteroatoms. The third kappa shape index (κ3) is 4.59. The van der Waals surface area contributed by atoms with Gasteiger partial charge in [0.25, 0.3) is 0 Å². The van der Waals surface area contributed by atoms with Crippen LogP contribution in [-0.2, 0) is 9.59 Å². The lowest BCUT2D eigenvalue weighted by Crippen LogP contribution is -2.45. The van der Waals surface area contributed by atoms with Gasteiger partial charge >= 0.3 is 6.03 Å². The molecule has 0 aromatic carbocycles. The van der Waals surface area contributed by atoms with E-state index in [2.05, 4.69) is 10.6 Å². The first-order valence-corrected chi connectivity index (χ1v) is 4.50. The molecule has 4 amide bonds. The van der Waals surface area contributed by atoms with Gasteiger partial charge in [-0.15, -0.1) is 0 Å². The van der Waals surface area contributed by atoms with Crippen LogP contribution in [0.3, 0.4) is 0 Å². The molecule has 0 aliphatic carbocycles. The number of urea groups is 1. The molecule has 0 rings (SSSR count). The van der Waals surface area contributed by atoms with Gasteiger partial charge in [-0.3, -0.25) is 20.2 Å². The number of carbonyl (C=O) groups is 3. The van der Waals surface area contributed by atoms with Crippen molar-refractivity contribution in [3.05, 3.63) is 0 Å². The molecule has 0 atom stereocenters. The van der Waals surface area contributed by atoms with Gasteiger partial charge in [-0.05, 0) is 0 Å². The van der Waals surface area contributed by atoms with Gasteiger partial charge < -0.3 is 0 Å². The van der Waals surface area contributed by atoms with Gasteiger partial charge in [-0.1, -0.05) is 27.7 Å². The molecule has 0 aromatic rings. The Hall–Kier alpha value is -1.39. The fourth-order valence-electron chi connectivity index (χ4n) is 0.544. The van der Waals surface area contributed by atoms with Gasteiger partial charge in [0.05, 0.1) is 0 Å². The highest BCUT2D eigenvalue weighted by Gasteiger charge is 2.14. The molecule has 80 valence electrons. The summed E-state index contributed by atoms with van der Waals surface area (Å²) in [5.41, 5.74) is 0. The third-order valence-electron chi connectivity index (χ3n) is 1.52. The summed E-state index contributed by atoms with van der Waals surface area (Å²) in [6, 6.07) is -0.762. The van der Waals surface area contributed by atoms with Crippen molar-refractivity contribution in [2.45, 2.75) is 27.7 Å². The molecule has 0 aliphatic heterocycles. The van der Waals surface area contributed by atoms with Crippen molar-refractivity contribution in [1.82, 2.24) is 10.6 Å². The van der Waals surface area contributed by atoms with Gasteiger partial charge in [0.2, 0.25) is 11.8 Å². The molecule has 0 bridgehead atoms. The van der Waals surface area contributed by atoms with Crippen LogP contribution in [0.1, 0.15) is 27.7 Å². The molecule has 0 saturated heterocycles. The van der Waals surface area contributed by atoms with Gasteiger partial charge in [-0.2, -0.15) is 0 Å². The molecule has 2 N–H and O–H groups in total. The minimum absolute atomic E-state index is 0.282. The molecule has 0 aromatic heterocycles. The molecular weight excluding hydrogens is 184 g/mol. The SMILES string of the molecule is CC(C)C(=O)NC(=O)NC(=O)C(C)C. The van der Waals surface area contributed by atoms with Crippen molar-refractivity contribution >= 4 is 17.8 Å². The predicted octanol–water partition coefficient (Wildman–Crippen LogP) is 0.651. The van der Waals surface area contributed by atoms with Crippen LogP contribution in [0.15, 0.2) is 0 Å². The standard InChI is InChI=1S/C9H16N2O3/c1-5(2)7(12)10-9(14)11-8(13)6(3)4/h5-6H,1-4H3,(H2,10,11,12,13,14). The molecule has 0 unspecified atom stereocenters. The lowest BCUT2D eigenvalue weighted by Gasteiger charge is -2.08. The Kier molecular flexibility index (Phi) is 4.83. The minimum atomic E-state index is -0.762. The zero-order valence-electron chi connectivity index (χ0n) is 8.88. The van der Waals surface area contributed by atoms with Crippen LogP contribution in [0.25, 0.3) is 0 Å². The summed E-state index contributed by atoms with van der Waals surface area (Å²) in [5.74, 6) is -1.37. The van der Waals surface area contributed by atoms with Crippen LogP contribution in [0, 0.1) is 11.8 Å². The lowest BCUT2D eigenvalue weighted by atomic mass is 10.2. The molecule has 14 heavy (non-hydrogen) atoms. The fraction of sp³-hybridized carbons (Fsp3) is 0.667. The number of hydrogen-bond donors (Lipinski definition) is 2. The van der Waals surface area contributed by atoms with Crippen LogP contribution in [-0.4, -0.2) is 17.8 Å². The Morgan fingerprint density at radius 1 is 0.786 bits per heavy atom. The minimum Gasteiger partial charge on any atom is -0.278 e. The summed E-state index contributed by atoms with van der Waals surface area (Å²) in [6.07, 6.45) is 0. The van der Waals surface area contributed by atoms with E-state index in [1.54, 1.807) is 27.7 Å². The average molecular weight is 200 g/mol. The topological polar surface area (TPSA) is 75.3 Å². The van der Waals surface area contributed by atoms with Crippen molar-refractivity contribution in [2.75, 3.05) is 0 Å². The highest BCUT2D eigenvalue weighted by Crippen LogP contribution is 1.92. The van der Waals surface area contributed by atoms with Gasteiger partial charge in [0, 0.05) is 11.8 Å². The molecule has 0 fully saturated rings. The van der Waals surface area contributed by atoms with E-state index >= 15 is 0 Å². The summed E-state index contributed by atoms with van der Waals surface area (Å²) >= 11 is 0. The highest BCUT2D eigenvalue weighted by molar-refractivity contribution is 6.02. The highest BCUT2D eigenvalue weighted by atomic mass is 16.2. The van der Waals surface area contributed by atoms with Crippen molar-refractivity contribution in [3.63, 3.8) is 0 Å². The molecular formula is C9H16N2O3. The van der Waals surface area contributed by atoms with E-state index in [1.165, 1.54) is 0 Å². The molecule has 5 nitrogen and oxygen atoms in total. The van der Waals surface area contributed by atoms with E-state index in [4.69, 9.17) is 0 Å². The Morgan fingerprint density at radius 3 is 1.29 bits per heavy atom. The Balaban J connectivity index is 4.00. The van der Waals surface area contributed by atoms with Crippen LogP contribution in [0.2, 0.25) is 0 Å². The number of hydrogen-bond acceptors (Lipinski definition) is 3. The van der Waals surface area contributed by atoms with E-state index in [1.807, 2.05) is 0 Å². The number of imide groups is 2. The molecule has 0 aliphatic rings. The summed E-state index contributed by atoms with van der Waals surface area (Å²) in [4.78, 5) is 33.1. The van der Waals surface area contributed by atoms with Gasteiger partial charge in [-0.25, -0.2) is 4.79 Å². The average Bonchev–Trinajstić information content (AvgIpc) is 2.03. The zero-order valence-corrected chi connectivity index (χ0v) is 8.88. The first-order chi connectivity index (χ1) is 6.34. The van der Waals surface area contributed by atoms with E-state index < -0.39 is 17.8 Å². The van der Waals surface area contributed by atoms with Gasteiger partial charge in [0.15, 0.2) is 0 Å². The number of amides is 4. The predicted molar refractivity (Wildman–Crippen MR) is 51.4 cm³/mol. The molecule has 0 radical (unpaired) electrons. The second-order valence-corrected chi connectivity index (χ2v) is 3.62. The lowest BCUT2D eigenvalue weighted by molar-refractivity contribution is -0.123. The third-order valence-corrected chi connectivity index (χ3v) is 1.52. The second kappa shape index (κ2) is 5.36. The summed E-state index contributed by atoms with van der Waals surface area (Å²) in [5, 5.41) is 4.11. The summed E-state index contributed by atoms with van der Waals surface area (Å²) in [6.45, 7) is 6.64. The van der Waals surface area contributed by atoms with Crippen LogP contribution in [0.4, 0.5) is 4.79 Å². The Bertz CT molecular complexity index is 222. The van der Waals surface area contributed by atoms with E-state index in [0.29, 0.717) is 0 Å². The first-order valence-electron chi connectivity index (χ1n) is 4.50. The van der Waals surface area contributed by atoms with Crippen LogP contribution >= 0.6 is 0 Å². The zero-order chi connectivity index (χ0) is 11.3.